The molecule has 0 radical (unpaired) electrons. The molecular weight excluding hydrogens is 313 g/mol. The number of aryl methyl sites for hydroxylation is 1. The molecule has 0 aliphatic rings. The SMILES string of the molecule is Cc1ccc(/C=C\C(=O)Nc2ccc(Br)cc2F)o1. The van der Waals surface area contributed by atoms with Gasteiger partial charge in [0.15, 0.2) is 0 Å². The molecule has 1 N–H and O–H groups in total. The third-order valence-corrected chi connectivity index (χ3v) is 2.84. The van der Waals surface area contributed by atoms with Crippen LogP contribution < -0.4 is 5.32 Å². The molecule has 0 spiro atoms. The van der Waals surface area contributed by atoms with Crippen LogP contribution in [0.3, 0.4) is 0 Å². The Morgan fingerprint density at radius 3 is 2.79 bits per heavy atom. The molecule has 0 aliphatic heterocycles. The highest BCUT2D eigenvalue weighted by atomic mass is 79.9. The van der Waals surface area contributed by atoms with Crippen LogP contribution in [0.25, 0.3) is 6.08 Å². The Hall–Kier alpha value is -1.88. The molecule has 98 valence electrons. The van der Waals surface area contributed by atoms with E-state index in [1.165, 1.54) is 24.3 Å². The molecule has 1 heterocycles. The first-order valence-electron chi connectivity index (χ1n) is 5.55. The average Bonchev–Trinajstić information content (AvgIpc) is 2.76. The van der Waals surface area contributed by atoms with E-state index in [1.54, 1.807) is 18.2 Å². The molecule has 19 heavy (non-hydrogen) atoms. The summed E-state index contributed by atoms with van der Waals surface area (Å²) in [6.07, 6.45) is 2.82. The minimum Gasteiger partial charge on any atom is -0.462 e. The Morgan fingerprint density at radius 1 is 1.37 bits per heavy atom. The number of anilines is 1. The number of carbonyl (C=O) groups excluding carboxylic acids is 1. The molecule has 0 saturated heterocycles. The second kappa shape index (κ2) is 5.84. The van der Waals surface area contributed by atoms with Crippen LogP contribution in [0.4, 0.5) is 10.1 Å². The summed E-state index contributed by atoms with van der Waals surface area (Å²) in [5.74, 6) is 0.420. The van der Waals surface area contributed by atoms with Gasteiger partial charge < -0.3 is 9.73 Å². The summed E-state index contributed by atoms with van der Waals surface area (Å²) in [6.45, 7) is 1.81. The largest absolute Gasteiger partial charge is 0.462 e. The van der Waals surface area contributed by atoms with Crippen molar-refractivity contribution >= 4 is 33.6 Å². The molecule has 2 rings (SSSR count). The van der Waals surface area contributed by atoms with Gasteiger partial charge in [0, 0.05) is 10.5 Å². The van der Waals surface area contributed by atoms with Crippen molar-refractivity contribution in [2.24, 2.45) is 0 Å². The van der Waals surface area contributed by atoms with Gasteiger partial charge in [-0.1, -0.05) is 15.9 Å². The van der Waals surface area contributed by atoms with E-state index >= 15 is 0 Å². The number of hydrogen-bond acceptors (Lipinski definition) is 2. The normalized spacial score (nSPS) is 10.9. The van der Waals surface area contributed by atoms with Crippen LogP contribution in [0.2, 0.25) is 0 Å². The van der Waals surface area contributed by atoms with Crippen LogP contribution in [-0.2, 0) is 4.79 Å². The number of furan rings is 1. The van der Waals surface area contributed by atoms with E-state index in [1.807, 2.05) is 6.92 Å². The average molecular weight is 324 g/mol. The molecule has 0 bridgehead atoms. The number of rotatable bonds is 3. The summed E-state index contributed by atoms with van der Waals surface area (Å²) >= 11 is 3.15. The van der Waals surface area contributed by atoms with Crippen molar-refractivity contribution in [3.05, 3.63) is 58.2 Å². The highest BCUT2D eigenvalue weighted by Gasteiger charge is 2.05. The van der Waals surface area contributed by atoms with E-state index in [9.17, 15) is 9.18 Å². The molecule has 0 aliphatic carbocycles. The second-order valence-corrected chi connectivity index (χ2v) is 4.81. The standard InChI is InChI=1S/C14H11BrFNO2/c1-9-2-4-11(19-9)5-7-14(18)17-13-6-3-10(15)8-12(13)16/h2-8H,1H3,(H,17,18)/b7-5-. The molecule has 0 unspecified atom stereocenters. The Kier molecular flexibility index (Phi) is 4.16. The summed E-state index contributed by atoms with van der Waals surface area (Å²) in [5.41, 5.74) is 0.133. The first-order chi connectivity index (χ1) is 9.04. The van der Waals surface area contributed by atoms with Crippen LogP contribution in [0.15, 0.2) is 45.3 Å². The number of nitrogens with one attached hydrogen (secondary N) is 1. The van der Waals surface area contributed by atoms with Crippen molar-refractivity contribution in [2.45, 2.75) is 6.92 Å². The van der Waals surface area contributed by atoms with Crippen LogP contribution in [0.5, 0.6) is 0 Å². The van der Waals surface area contributed by atoms with Crippen molar-refractivity contribution in [3.8, 4) is 0 Å². The lowest BCUT2D eigenvalue weighted by atomic mass is 10.3. The molecule has 5 heteroatoms. The monoisotopic (exact) mass is 323 g/mol. The van der Waals surface area contributed by atoms with E-state index in [4.69, 9.17) is 4.42 Å². The lowest BCUT2D eigenvalue weighted by molar-refractivity contribution is -0.111. The minimum absolute atomic E-state index is 0.133. The van der Waals surface area contributed by atoms with Gasteiger partial charge in [0.25, 0.3) is 0 Å². The number of hydrogen-bond donors (Lipinski definition) is 1. The Bertz CT molecular complexity index is 634. The van der Waals surface area contributed by atoms with E-state index in [2.05, 4.69) is 21.2 Å². The lowest BCUT2D eigenvalue weighted by Gasteiger charge is -2.03. The van der Waals surface area contributed by atoms with Crippen LogP contribution >= 0.6 is 15.9 Å². The van der Waals surface area contributed by atoms with E-state index in [0.29, 0.717) is 10.2 Å². The van der Waals surface area contributed by atoms with Crippen LogP contribution in [0, 0.1) is 12.7 Å². The van der Waals surface area contributed by atoms with Gasteiger partial charge in [-0.3, -0.25) is 4.79 Å². The topological polar surface area (TPSA) is 42.2 Å². The van der Waals surface area contributed by atoms with Gasteiger partial charge >= 0.3 is 0 Å². The number of amides is 1. The maximum absolute atomic E-state index is 13.5. The highest BCUT2D eigenvalue weighted by Crippen LogP contribution is 2.19. The van der Waals surface area contributed by atoms with Gasteiger partial charge in [0.05, 0.1) is 5.69 Å². The summed E-state index contributed by atoms with van der Waals surface area (Å²) < 4.78 is 19.4. The lowest BCUT2D eigenvalue weighted by Crippen LogP contribution is -2.09. The van der Waals surface area contributed by atoms with Gasteiger partial charge in [-0.25, -0.2) is 4.39 Å². The van der Waals surface area contributed by atoms with Gasteiger partial charge in [-0.2, -0.15) is 0 Å². The predicted octanol–water partition coefficient (Wildman–Crippen LogP) is 4.14. The maximum atomic E-state index is 13.5. The molecule has 2 aromatic rings. The summed E-state index contributed by atoms with van der Waals surface area (Å²) in [5, 5.41) is 2.45. The van der Waals surface area contributed by atoms with Gasteiger partial charge in [-0.05, 0) is 43.3 Å². The zero-order chi connectivity index (χ0) is 13.8. The summed E-state index contributed by atoms with van der Waals surface area (Å²) in [7, 11) is 0. The van der Waals surface area contributed by atoms with Gasteiger partial charge in [0.1, 0.15) is 17.3 Å². The molecule has 1 amide bonds. The fraction of sp³-hybridized carbons (Fsp3) is 0.0714. The van der Waals surface area contributed by atoms with E-state index in [-0.39, 0.29) is 5.69 Å². The van der Waals surface area contributed by atoms with Crippen molar-refractivity contribution in [3.63, 3.8) is 0 Å². The fourth-order valence-electron chi connectivity index (χ4n) is 1.47. The molecule has 3 nitrogen and oxygen atoms in total. The first-order valence-corrected chi connectivity index (χ1v) is 6.34. The molecule has 1 aromatic carbocycles. The van der Waals surface area contributed by atoms with Crippen molar-refractivity contribution in [1.82, 2.24) is 0 Å². The third kappa shape index (κ3) is 3.79. The van der Waals surface area contributed by atoms with Crippen molar-refractivity contribution in [2.75, 3.05) is 5.32 Å². The summed E-state index contributed by atoms with van der Waals surface area (Å²) in [6, 6.07) is 7.97. The fourth-order valence-corrected chi connectivity index (χ4v) is 1.80. The predicted molar refractivity (Wildman–Crippen MR) is 75.2 cm³/mol. The first kappa shape index (κ1) is 13.5. The molecular formula is C14H11BrFNO2. The molecule has 0 fully saturated rings. The van der Waals surface area contributed by atoms with E-state index in [0.717, 1.165) is 5.76 Å². The second-order valence-electron chi connectivity index (χ2n) is 3.90. The summed E-state index contributed by atoms with van der Waals surface area (Å²) in [4.78, 5) is 11.6. The number of halogens is 2. The zero-order valence-corrected chi connectivity index (χ0v) is 11.7. The third-order valence-electron chi connectivity index (χ3n) is 2.35. The van der Waals surface area contributed by atoms with Crippen LogP contribution in [0.1, 0.15) is 11.5 Å². The zero-order valence-electron chi connectivity index (χ0n) is 10.1. The van der Waals surface area contributed by atoms with Crippen molar-refractivity contribution in [1.29, 1.82) is 0 Å². The molecule has 0 atom stereocenters. The smallest absolute Gasteiger partial charge is 0.248 e. The molecule has 1 aromatic heterocycles. The van der Waals surface area contributed by atoms with E-state index < -0.39 is 11.7 Å². The molecule has 0 saturated carbocycles. The number of carbonyl (C=O) groups is 1. The Labute approximate surface area is 118 Å². The van der Waals surface area contributed by atoms with Crippen LogP contribution in [-0.4, -0.2) is 5.91 Å². The quantitative estimate of drug-likeness (QED) is 0.862. The van der Waals surface area contributed by atoms with Gasteiger partial charge in [-0.15, -0.1) is 0 Å². The Balaban J connectivity index is 2.03. The van der Waals surface area contributed by atoms with Gasteiger partial charge in [0.2, 0.25) is 5.91 Å². The number of benzene rings is 1. The Morgan fingerprint density at radius 2 is 2.16 bits per heavy atom. The minimum atomic E-state index is -0.495. The van der Waals surface area contributed by atoms with Crippen molar-refractivity contribution < 1.29 is 13.6 Å². The highest BCUT2D eigenvalue weighted by molar-refractivity contribution is 9.10. The maximum Gasteiger partial charge on any atom is 0.248 e.